The predicted octanol–water partition coefficient (Wildman–Crippen LogP) is 6.84. The summed E-state index contributed by atoms with van der Waals surface area (Å²) in [7, 11) is 3.47. The normalized spacial score (nSPS) is 14.0. The van der Waals surface area contributed by atoms with E-state index in [-0.39, 0.29) is 65.8 Å². The molecule has 10 rings (SSSR count). The summed E-state index contributed by atoms with van der Waals surface area (Å²) in [6.07, 6.45) is 0.455. The Balaban J connectivity index is 0.000000203. The van der Waals surface area contributed by atoms with Gasteiger partial charge in [-0.05, 0) is 102 Å². The number of benzene rings is 4. The monoisotopic (exact) mass is 1010 g/mol. The Morgan fingerprint density at radius 1 is 0.919 bits per heavy atom. The number of hydrogen-bond acceptors (Lipinski definition) is 13. The SMILES string of the molecule is CC.CNC(=O)COC(=O)NCc1ccc(CN(C)Cc2ccc(-n3c(-c4cc(C(C)C)c(O)cc4O)n[nH]c3=O)cc2)cc1.Cc1c(F)cc2nc3c(c4c2c1CCC4)Cn1c-3cc2c(c1=O)COC(=O)C2O. The fourth-order valence-electron chi connectivity index (χ4n) is 9.64. The van der Waals surface area contributed by atoms with Crippen molar-refractivity contribution < 1.29 is 43.6 Å². The van der Waals surface area contributed by atoms with Gasteiger partial charge in [0.15, 0.2) is 18.5 Å². The number of aromatic hydroxyl groups is 2. The lowest BCUT2D eigenvalue weighted by atomic mass is 9.85. The van der Waals surface area contributed by atoms with Gasteiger partial charge in [-0.15, -0.1) is 0 Å². The zero-order chi connectivity index (χ0) is 53.1. The van der Waals surface area contributed by atoms with Gasteiger partial charge in [0.2, 0.25) is 0 Å². The van der Waals surface area contributed by atoms with Crippen molar-refractivity contribution in [3.63, 3.8) is 0 Å². The van der Waals surface area contributed by atoms with Crippen LogP contribution in [-0.4, -0.2) is 83.2 Å². The molecule has 0 saturated carbocycles. The number of fused-ring (bicyclic) bond motifs is 5. The second kappa shape index (κ2) is 21.9. The maximum absolute atomic E-state index is 14.5. The van der Waals surface area contributed by atoms with E-state index in [9.17, 15) is 43.7 Å². The van der Waals surface area contributed by atoms with Crippen LogP contribution < -0.4 is 21.9 Å². The van der Waals surface area contributed by atoms with E-state index < -0.39 is 23.9 Å². The number of ether oxygens (including phenoxy) is 2. The van der Waals surface area contributed by atoms with Crippen LogP contribution in [0.15, 0.2) is 82.4 Å². The Kier molecular flexibility index (Phi) is 15.4. The quantitative estimate of drug-likeness (QED) is 0.0728. The second-order valence-electron chi connectivity index (χ2n) is 18.5. The summed E-state index contributed by atoms with van der Waals surface area (Å²) < 4.78 is 27.3. The molecule has 0 saturated heterocycles. The minimum Gasteiger partial charge on any atom is -0.508 e. The van der Waals surface area contributed by atoms with Gasteiger partial charge < -0.3 is 40.0 Å². The summed E-state index contributed by atoms with van der Waals surface area (Å²) in [6, 6.07) is 21.4. The van der Waals surface area contributed by atoms with Crippen molar-refractivity contribution in [2.45, 2.75) is 98.7 Å². The summed E-state index contributed by atoms with van der Waals surface area (Å²) in [5, 5.41) is 43.6. The molecule has 0 fully saturated rings. The van der Waals surface area contributed by atoms with Gasteiger partial charge >= 0.3 is 17.8 Å². The van der Waals surface area contributed by atoms with E-state index in [0.717, 1.165) is 58.0 Å². The van der Waals surface area contributed by atoms with Crippen molar-refractivity contribution in [3.05, 3.63) is 155 Å². The summed E-state index contributed by atoms with van der Waals surface area (Å²) in [6.45, 7) is 11.2. The number of esters is 1. The molecule has 2 aliphatic heterocycles. The van der Waals surface area contributed by atoms with Gasteiger partial charge in [0.05, 0.1) is 40.3 Å². The van der Waals surface area contributed by atoms with Crippen molar-refractivity contribution in [2.75, 3.05) is 20.7 Å². The number of phenolic OH excluding ortho intramolecular Hbond substituents is 2. The van der Waals surface area contributed by atoms with Gasteiger partial charge in [0.1, 0.15) is 23.9 Å². The van der Waals surface area contributed by atoms with Crippen LogP contribution >= 0.6 is 0 Å². The lowest BCUT2D eigenvalue weighted by Crippen LogP contribution is -2.32. The number of alkyl carbamates (subject to hydrolysis) is 1. The summed E-state index contributed by atoms with van der Waals surface area (Å²) in [5.74, 6) is -1.36. The van der Waals surface area contributed by atoms with Crippen LogP contribution in [-0.2, 0) is 64.7 Å². The van der Waals surface area contributed by atoms with Gasteiger partial charge in [-0.2, -0.15) is 5.10 Å². The first-order valence-corrected chi connectivity index (χ1v) is 24.5. The van der Waals surface area contributed by atoms with E-state index in [1.54, 1.807) is 23.6 Å². The number of nitrogens with one attached hydrogen (secondary N) is 3. The fraction of sp³-hybridized carbons (Fsp3) is 0.327. The van der Waals surface area contributed by atoms with Gasteiger partial charge in [-0.1, -0.05) is 64.1 Å². The van der Waals surface area contributed by atoms with Gasteiger partial charge in [-0.25, -0.2) is 33.4 Å². The number of carbonyl (C=O) groups is 3. The molecule has 386 valence electrons. The van der Waals surface area contributed by atoms with E-state index in [1.165, 1.54) is 23.7 Å². The van der Waals surface area contributed by atoms with Crippen LogP contribution in [0.4, 0.5) is 9.18 Å². The average Bonchev–Trinajstić information content (AvgIpc) is 3.97. The fourth-order valence-corrected chi connectivity index (χ4v) is 9.64. The van der Waals surface area contributed by atoms with E-state index in [4.69, 9.17) is 14.5 Å². The summed E-state index contributed by atoms with van der Waals surface area (Å²) >= 11 is 0. The van der Waals surface area contributed by atoms with Crippen molar-refractivity contribution >= 4 is 28.9 Å². The molecule has 3 aliphatic rings. The summed E-state index contributed by atoms with van der Waals surface area (Å²) in [4.78, 5) is 67.3. The molecule has 1 atom stereocenters. The molecular weight excluding hydrogens is 952 g/mol. The Labute approximate surface area is 425 Å². The smallest absolute Gasteiger partial charge is 0.407 e. The van der Waals surface area contributed by atoms with Gasteiger partial charge in [0.25, 0.3) is 11.5 Å². The lowest BCUT2D eigenvalue weighted by molar-refractivity contribution is -0.157. The Hall–Kier alpha value is -8.16. The van der Waals surface area contributed by atoms with Crippen LogP contribution in [0.5, 0.6) is 11.5 Å². The highest BCUT2D eigenvalue weighted by Crippen LogP contribution is 2.42. The number of phenols is 2. The number of nitrogens with zero attached hydrogens (tertiary/aromatic N) is 5. The molecule has 0 radical (unpaired) electrons. The number of hydrogen-bond donors (Lipinski definition) is 6. The first-order valence-electron chi connectivity index (χ1n) is 24.5. The minimum atomic E-state index is -1.48. The average molecular weight is 1010 g/mol. The van der Waals surface area contributed by atoms with Crippen LogP contribution in [0.2, 0.25) is 0 Å². The molecule has 2 amide bonds. The van der Waals surface area contributed by atoms with Crippen molar-refractivity contribution in [3.8, 4) is 40.0 Å². The number of halogens is 1. The largest absolute Gasteiger partial charge is 0.508 e. The van der Waals surface area contributed by atoms with Crippen molar-refractivity contribution in [1.82, 2.24) is 39.8 Å². The topological polar surface area (TPSA) is 243 Å². The highest BCUT2D eigenvalue weighted by molar-refractivity contribution is 5.92. The third kappa shape index (κ3) is 10.4. The van der Waals surface area contributed by atoms with Gasteiger partial charge in [0, 0.05) is 55.3 Å². The Morgan fingerprint density at radius 3 is 2.26 bits per heavy atom. The van der Waals surface area contributed by atoms with Crippen LogP contribution in [0.1, 0.15) is 102 Å². The number of aryl methyl sites for hydroxylation is 2. The molecule has 7 aromatic rings. The van der Waals surface area contributed by atoms with E-state index in [2.05, 4.69) is 25.7 Å². The number of cyclic esters (lactones) is 1. The highest BCUT2D eigenvalue weighted by Gasteiger charge is 2.35. The molecule has 74 heavy (non-hydrogen) atoms. The number of H-pyrrole nitrogens is 1. The van der Waals surface area contributed by atoms with E-state index >= 15 is 0 Å². The molecule has 5 heterocycles. The number of aliphatic hydroxyl groups is 1. The highest BCUT2D eigenvalue weighted by atomic mass is 19.1. The molecule has 6 N–H and O–H groups in total. The molecule has 18 nitrogen and oxygen atoms in total. The second-order valence-corrected chi connectivity index (χ2v) is 18.5. The molecule has 1 aliphatic carbocycles. The number of rotatable bonds is 11. The molecule has 3 aromatic heterocycles. The summed E-state index contributed by atoms with van der Waals surface area (Å²) in [5.41, 5.74) is 10.0. The number of likely N-dealkylation sites (N-methyl/N-ethyl adjacent to an activating group) is 1. The standard InChI is InChI=1S/C31H36N6O6.C22H17FN2O4.C2H6/c1-19(2)24-13-25(27(39)14-26(24)38)29-34-35-30(41)37(29)23-11-9-22(10-12-23)17-36(4)16-21-7-5-20(6-8-21)15-33-31(42)43-18-28(40)32-3;1-9-10-3-2-4-11-13-7-25-17(19(13)24-16(18(10)11)6-15(9)23)5-12-14(21(25)27)8-29-22(28)20(12)26;1-2/h5-14,19,38-39H,15-18H2,1-4H3,(H,32,40)(H,33,42)(H,35,41);5-6,20,26H,2-4,7-8H2,1H3;1-2H3. The molecule has 0 bridgehead atoms. The third-order valence-electron chi connectivity index (χ3n) is 13.4. The Bertz CT molecular complexity index is 3420. The predicted molar refractivity (Wildman–Crippen MR) is 274 cm³/mol. The maximum Gasteiger partial charge on any atom is 0.407 e. The Morgan fingerprint density at radius 2 is 1.58 bits per heavy atom. The molecule has 1 unspecified atom stereocenters. The van der Waals surface area contributed by atoms with Crippen molar-refractivity contribution in [1.29, 1.82) is 0 Å². The molecular formula is C55H59FN8O10. The van der Waals surface area contributed by atoms with Crippen LogP contribution in [0.25, 0.3) is 39.4 Å². The first-order chi connectivity index (χ1) is 35.5. The number of aromatic amines is 1. The minimum absolute atomic E-state index is 0.00252. The molecule has 4 aromatic carbocycles. The molecule has 19 heteroatoms. The van der Waals surface area contributed by atoms with E-state index in [0.29, 0.717) is 64.5 Å². The van der Waals surface area contributed by atoms with E-state index in [1.807, 2.05) is 83.3 Å². The number of carbonyl (C=O) groups excluding carboxylic acids is 3. The van der Waals surface area contributed by atoms with Crippen LogP contribution in [0.3, 0.4) is 0 Å². The first kappa shape index (κ1) is 52.2. The zero-order valence-electron chi connectivity index (χ0n) is 42.3. The number of aromatic nitrogens is 5. The maximum atomic E-state index is 14.5. The van der Waals surface area contributed by atoms with Crippen molar-refractivity contribution in [2.24, 2.45) is 0 Å². The number of amides is 2. The molecule has 0 spiro atoms. The van der Waals surface area contributed by atoms with Gasteiger partial charge in [-0.3, -0.25) is 14.5 Å². The zero-order valence-corrected chi connectivity index (χ0v) is 42.3. The third-order valence-corrected chi connectivity index (χ3v) is 13.4. The number of aliphatic hydroxyl groups excluding tert-OH is 1. The van der Waals surface area contributed by atoms with Crippen LogP contribution in [0, 0.1) is 12.7 Å². The number of pyridine rings is 2. The lowest BCUT2D eigenvalue weighted by Gasteiger charge is -2.22.